The van der Waals surface area contributed by atoms with E-state index in [0.717, 1.165) is 23.7 Å². The van der Waals surface area contributed by atoms with Gasteiger partial charge in [0.05, 0.1) is 13.2 Å². The van der Waals surface area contributed by atoms with E-state index in [0.29, 0.717) is 43.2 Å². The van der Waals surface area contributed by atoms with Crippen LogP contribution in [0.5, 0.6) is 5.75 Å². The predicted molar refractivity (Wildman–Crippen MR) is 127 cm³/mol. The molecule has 1 aromatic heterocycles. The molecule has 4 rings (SSSR count). The van der Waals surface area contributed by atoms with Gasteiger partial charge < -0.3 is 19.9 Å². The molecule has 4 atom stereocenters. The van der Waals surface area contributed by atoms with Crippen LogP contribution in [-0.4, -0.2) is 53.2 Å². The molecule has 1 saturated carbocycles. The normalized spacial score (nSPS) is 23.3. The van der Waals surface area contributed by atoms with Crippen LogP contribution in [0.3, 0.4) is 0 Å². The van der Waals surface area contributed by atoms with Gasteiger partial charge in [-0.25, -0.2) is 0 Å². The van der Waals surface area contributed by atoms with Crippen LogP contribution >= 0.6 is 0 Å². The molecule has 2 aromatic rings. The Morgan fingerprint density at radius 3 is 2.79 bits per heavy atom. The molecule has 8 heteroatoms. The zero-order valence-electron chi connectivity index (χ0n) is 20.0. The first-order valence-corrected chi connectivity index (χ1v) is 12.0. The number of methoxy groups -OCH3 is 1. The second-order valence-electron chi connectivity index (χ2n) is 9.80. The summed E-state index contributed by atoms with van der Waals surface area (Å²) in [4.78, 5) is 43.6. The molecule has 180 valence electrons. The van der Waals surface area contributed by atoms with E-state index in [2.05, 4.69) is 30.2 Å². The third-order valence-electron chi connectivity index (χ3n) is 7.34. The van der Waals surface area contributed by atoms with Crippen LogP contribution in [0.15, 0.2) is 24.3 Å². The molecule has 0 spiro atoms. The first-order valence-electron chi connectivity index (χ1n) is 12.0. The van der Waals surface area contributed by atoms with Gasteiger partial charge in [-0.15, -0.1) is 0 Å². The Kier molecular flexibility index (Phi) is 6.92. The Labute approximate surface area is 199 Å². The van der Waals surface area contributed by atoms with Crippen LogP contribution < -0.4 is 10.1 Å². The van der Waals surface area contributed by atoms with E-state index in [1.807, 2.05) is 18.2 Å². The number of Topliss-reactive ketones (excluding diaryl/α,β-unsaturated/α-hetero) is 1. The van der Waals surface area contributed by atoms with Crippen LogP contribution in [-0.2, 0) is 9.59 Å². The average Bonchev–Trinajstić information content (AvgIpc) is 3.56. The SMILES string of the molecule is COc1cccc2[nH]c(C(=O)N3CC(C(C)C)CC3C(=O)NC(C#N)CC3CCCC3=O)cc12. The number of fused-ring (bicyclic) bond motifs is 1. The highest BCUT2D eigenvalue weighted by atomic mass is 16.5. The minimum absolute atomic E-state index is 0.168. The van der Waals surface area contributed by atoms with Crippen molar-refractivity contribution >= 4 is 28.5 Å². The Bertz CT molecular complexity index is 1130. The Balaban J connectivity index is 1.54. The number of aromatic nitrogens is 1. The quantitative estimate of drug-likeness (QED) is 0.651. The summed E-state index contributed by atoms with van der Waals surface area (Å²) in [7, 11) is 1.59. The van der Waals surface area contributed by atoms with E-state index < -0.39 is 12.1 Å². The smallest absolute Gasteiger partial charge is 0.270 e. The minimum atomic E-state index is -0.744. The number of nitrogens with one attached hydrogen (secondary N) is 2. The zero-order valence-corrected chi connectivity index (χ0v) is 20.0. The van der Waals surface area contributed by atoms with Crippen LogP contribution in [0.2, 0.25) is 0 Å². The Morgan fingerprint density at radius 1 is 1.35 bits per heavy atom. The van der Waals surface area contributed by atoms with E-state index in [1.165, 1.54) is 0 Å². The summed E-state index contributed by atoms with van der Waals surface area (Å²) in [5, 5.41) is 13.2. The second-order valence-corrected chi connectivity index (χ2v) is 9.80. The number of carbonyl (C=O) groups is 3. The standard InChI is InChI=1S/C26H32N4O4/c1-15(2)17-11-22(25(32)28-18(13-27)10-16-6-4-8-23(16)31)30(14-17)26(33)21-12-19-20(29-21)7-5-9-24(19)34-3/h5,7,9,12,15-18,22,29H,4,6,8,10-11,14H2,1-3H3,(H,28,32). The van der Waals surface area contributed by atoms with Gasteiger partial charge in [0.1, 0.15) is 29.3 Å². The van der Waals surface area contributed by atoms with Gasteiger partial charge >= 0.3 is 0 Å². The third kappa shape index (κ3) is 4.65. The number of rotatable bonds is 7. The van der Waals surface area contributed by atoms with Crippen LogP contribution in [0, 0.1) is 29.1 Å². The van der Waals surface area contributed by atoms with E-state index >= 15 is 0 Å². The lowest BCUT2D eigenvalue weighted by atomic mass is 9.93. The van der Waals surface area contributed by atoms with Gasteiger partial charge in [-0.2, -0.15) is 5.26 Å². The van der Waals surface area contributed by atoms with Crippen molar-refractivity contribution in [3.8, 4) is 11.8 Å². The summed E-state index contributed by atoms with van der Waals surface area (Å²) < 4.78 is 5.41. The van der Waals surface area contributed by atoms with Crippen molar-refractivity contribution in [2.24, 2.45) is 17.8 Å². The van der Waals surface area contributed by atoms with E-state index in [4.69, 9.17) is 4.74 Å². The summed E-state index contributed by atoms with van der Waals surface area (Å²) in [5.41, 5.74) is 1.18. The fourth-order valence-electron chi connectivity index (χ4n) is 5.23. The molecule has 1 aromatic carbocycles. The molecule has 1 saturated heterocycles. The number of ketones is 1. The number of ether oxygens (including phenoxy) is 1. The van der Waals surface area contributed by atoms with Crippen LogP contribution in [0.25, 0.3) is 10.9 Å². The number of hydrogen-bond donors (Lipinski definition) is 2. The molecule has 4 unspecified atom stereocenters. The predicted octanol–water partition coefficient (Wildman–Crippen LogP) is 3.43. The molecule has 0 radical (unpaired) electrons. The van der Waals surface area contributed by atoms with Gasteiger partial charge in [-0.05, 0) is 55.7 Å². The van der Waals surface area contributed by atoms with Crippen molar-refractivity contribution in [3.05, 3.63) is 30.0 Å². The maximum Gasteiger partial charge on any atom is 0.270 e. The largest absolute Gasteiger partial charge is 0.496 e. The second kappa shape index (κ2) is 9.88. The average molecular weight is 465 g/mol. The number of nitriles is 1. The molecule has 0 bridgehead atoms. The summed E-state index contributed by atoms with van der Waals surface area (Å²) >= 11 is 0. The number of aromatic amines is 1. The van der Waals surface area contributed by atoms with Crippen molar-refractivity contribution in [2.45, 2.75) is 58.0 Å². The fourth-order valence-corrected chi connectivity index (χ4v) is 5.23. The highest BCUT2D eigenvalue weighted by Gasteiger charge is 2.42. The Morgan fingerprint density at radius 2 is 2.15 bits per heavy atom. The topological polar surface area (TPSA) is 115 Å². The number of nitrogens with zero attached hydrogens (tertiary/aromatic N) is 2. The first kappa shape index (κ1) is 23.8. The van der Waals surface area contributed by atoms with Gasteiger partial charge in [0.15, 0.2) is 0 Å². The highest BCUT2D eigenvalue weighted by molar-refractivity contribution is 6.01. The molecule has 2 heterocycles. The fraction of sp³-hybridized carbons (Fsp3) is 0.538. The molecule has 2 aliphatic rings. The molecule has 2 N–H and O–H groups in total. The minimum Gasteiger partial charge on any atom is -0.496 e. The van der Waals surface area contributed by atoms with Crippen molar-refractivity contribution in [2.75, 3.05) is 13.7 Å². The number of carbonyl (C=O) groups excluding carboxylic acids is 3. The first-order chi connectivity index (χ1) is 16.3. The van der Waals surface area contributed by atoms with Gasteiger partial charge in [0, 0.05) is 29.8 Å². The van der Waals surface area contributed by atoms with E-state index in [-0.39, 0.29) is 29.4 Å². The van der Waals surface area contributed by atoms with Gasteiger partial charge in [0.25, 0.3) is 5.91 Å². The number of amides is 2. The van der Waals surface area contributed by atoms with Crippen LogP contribution in [0.4, 0.5) is 0 Å². The molecule has 2 fully saturated rings. The maximum absolute atomic E-state index is 13.5. The zero-order chi connectivity index (χ0) is 24.4. The van der Waals surface area contributed by atoms with Crippen molar-refractivity contribution in [1.82, 2.24) is 15.2 Å². The molecule has 1 aliphatic heterocycles. The third-order valence-corrected chi connectivity index (χ3v) is 7.34. The molecule has 8 nitrogen and oxygen atoms in total. The lowest BCUT2D eigenvalue weighted by molar-refractivity contribution is -0.126. The molecule has 2 amide bonds. The molecular formula is C26H32N4O4. The van der Waals surface area contributed by atoms with Gasteiger partial charge in [-0.3, -0.25) is 14.4 Å². The summed E-state index contributed by atoms with van der Waals surface area (Å²) in [6.45, 7) is 4.65. The monoisotopic (exact) mass is 464 g/mol. The lowest BCUT2D eigenvalue weighted by Crippen LogP contribution is -2.49. The number of hydrogen-bond acceptors (Lipinski definition) is 5. The molecule has 1 aliphatic carbocycles. The number of likely N-dealkylation sites (tertiary alicyclic amines) is 1. The number of benzene rings is 1. The van der Waals surface area contributed by atoms with Gasteiger partial charge in [0.2, 0.25) is 5.91 Å². The summed E-state index contributed by atoms with van der Waals surface area (Å²) in [5.74, 6) is 0.566. The summed E-state index contributed by atoms with van der Waals surface area (Å²) in [6.07, 6.45) is 3.02. The van der Waals surface area contributed by atoms with Crippen LogP contribution in [0.1, 0.15) is 56.4 Å². The molecule has 34 heavy (non-hydrogen) atoms. The van der Waals surface area contributed by atoms with Gasteiger partial charge in [-0.1, -0.05) is 19.9 Å². The van der Waals surface area contributed by atoms with E-state index in [9.17, 15) is 19.6 Å². The van der Waals surface area contributed by atoms with E-state index in [1.54, 1.807) is 18.1 Å². The number of H-pyrrole nitrogens is 1. The van der Waals surface area contributed by atoms with Crippen molar-refractivity contribution in [1.29, 1.82) is 5.26 Å². The Hall–Kier alpha value is -3.34. The highest BCUT2D eigenvalue weighted by Crippen LogP contribution is 2.32. The van der Waals surface area contributed by atoms with Crippen molar-refractivity contribution < 1.29 is 19.1 Å². The maximum atomic E-state index is 13.5. The lowest BCUT2D eigenvalue weighted by Gasteiger charge is -2.25. The molecular weight excluding hydrogens is 432 g/mol. The summed E-state index contributed by atoms with van der Waals surface area (Å²) in [6, 6.07) is 8.05. The van der Waals surface area contributed by atoms with Crippen molar-refractivity contribution in [3.63, 3.8) is 0 Å².